The van der Waals surface area contributed by atoms with E-state index in [1.165, 1.54) is 0 Å². The largest absolute Gasteiger partial charge is 0.494 e. The molecule has 45 heavy (non-hydrogen) atoms. The lowest BCUT2D eigenvalue weighted by atomic mass is 9.77. The molecule has 2 saturated heterocycles. The summed E-state index contributed by atoms with van der Waals surface area (Å²) >= 11 is 0. The first kappa shape index (κ1) is 30.1. The van der Waals surface area contributed by atoms with Crippen LogP contribution in [-0.2, 0) is 25.4 Å². The van der Waals surface area contributed by atoms with Crippen molar-refractivity contribution in [3.05, 3.63) is 53.9 Å². The molecule has 2 fully saturated rings. The van der Waals surface area contributed by atoms with E-state index in [-0.39, 0.29) is 18.1 Å². The predicted octanol–water partition coefficient (Wildman–Crippen LogP) is 6.52. The summed E-state index contributed by atoms with van der Waals surface area (Å²) in [5.74, 6) is 1.78. The number of H-pyrrole nitrogens is 1. The van der Waals surface area contributed by atoms with Gasteiger partial charge >= 0.3 is 13.2 Å². The van der Waals surface area contributed by atoms with Crippen molar-refractivity contribution in [3.8, 4) is 16.9 Å². The zero-order valence-electron chi connectivity index (χ0n) is 27.4. The number of aromatic amines is 1. The van der Waals surface area contributed by atoms with E-state index in [0.717, 1.165) is 62.0 Å². The van der Waals surface area contributed by atoms with Crippen molar-refractivity contribution in [2.24, 2.45) is 5.92 Å². The molecular weight excluding hydrogens is 569 g/mol. The Hall–Kier alpha value is -3.60. The summed E-state index contributed by atoms with van der Waals surface area (Å²) < 4.78 is 30.2. The van der Waals surface area contributed by atoms with E-state index in [1.807, 2.05) is 26.8 Å². The minimum Gasteiger partial charge on any atom is -0.488 e. The van der Waals surface area contributed by atoms with Crippen LogP contribution in [0.3, 0.4) is 0 Å². The second-order valence-electron chi connectivity index (χ2n) is 14.7. The molecule has 0 radical (unpaired) electrons. The molecule has 9 nitrogen and oxygen atoms in total. The molecule has 0 saturated carbocycles. The third-order valence-corrected chi connectivity index (χ3v) is 9.65. The SMILES string of the molecule is COCC1C[C@@H](c2nc3ccc4cc5c(cc4c3[nH]2)OCc2cc(B3OC(C)(C)C(C)(C)O3)ccc2-5)N(C(=O)OC(C)(C)C)C1. The first-order valence-corrected chi connectivity index (χ1v) is 15.8. The van der Waals surface area contributed by atoms with Gasteiger partial charge < -0.3 is 28.5 Å². The Morgan fingerprint density at radius 2 is 1.82 bits per heavy atom. The summed E-state index contributed by atoms with van der Waals surface area (Å²) in [4.78, 5) is 23.6. The highest BCUT2D eigenvalue weighted by Crippen LogP contribution is 2.43. The van der Waals surface area contributed by atoms with E-state index in [1.54, 1.807) is 12.0 Å². The van der Waals surface area contributed by atoms with Gasteiger partial charge in [-0.2, -0.15) is 0 Å². The van der Waals surface area contributed by atoms with Gasteiger partial charge in [-0.05, 0) is 95.1 Å². The number of amides is 1. The van der Waals surface area contributed by atoms with Gasteiger partial charge in [0.05, 0.1) is 34.9 Å². The van der Waals surface area contributed by atoms with Crippen LogP contribution in [0.1, 0.15) is 72.3 Å². The van der Waals surface area contributed by atoms with Gasteiger partial charge in [-0.3, -0.25) is 4.90 Å². The van der Waals surface area contributed by atoms with Crippen molar-refractivity contribution in [1.82, 2.24) is 14.9 Å². The van der Waals surface area contributed by atoms with E-state index in [9.17, 15) is 4.79 Å². The van der Waals surface area contributed by atoms with Gasteiger partial charge in [0, 0.05) is 30.5 Å². The summed E-state index contributed by atoms with van der Waals surface area (Å²) in [5.41, 5.74) is 4.69. The van der Waals surface area contributed by atoms with Crippen molar-refractivity contribution in [2.45, 2.75) is 84.3 Å². The number of rotatable bonds is 4. The molecule has 3 aliphatic heterocycles. The zero-order chi connectivity index (χ0) is 31.9. The lowest BCUT2D eigenvalue weighted by molar-refractivity contribution is 0.00578. The highest BCUT2D eigenvalue weighted by molar-refractivity contribution is 6.62. The minimum absolute atomic E-state index is 0.197. The van der Waals surface area contributed by atoms with E-state index in [4.69, 9.17) is 28.5 Å². The number of imidazole rings is 1. The number of fused-ring (bicyclic) bond motifs is 6. The maximum absolute atomic E-state index is 13.2. The fourth-order valence-electron chi connectivity index (χ4n) is 6.68. The number of hydrogen-bond acceptors (Lipinski definition) is 7. The third-order valence-electron chi connectivity index (χ3n) is 9.65. The fraction of sp³-hybridized carbons (Fsp3) is 0.486. The Balaban J connectivity index is 1.22. The van der Waals surface area contributed by atoms with Gasteiger partial charge in [0.25, 0.3) is 0 Å². The van der Waals surface area contributed by atoms with Crippen LogP contribution < -0.4 is 10.2 Å². The summed E-state index contributed by atoms with van der Waals surface area (Å²) in [6, 6.07) is 14.6. The maximum atomic E-state index is 13.2. The lowest BCUT2D eigenvalue weighted by Gasteiger charge is -2.32. The summed E-state index contributed by atoms with van der Waals surface area (Å²) in [7, 11) is 1.27. The first-order chi connectivity index (χ1) is 21.2. The zero-order valence-corrected chi connectivity index (χ0v) is 27.4. The first-order valence-electron chi connectivity index (χ1n) is 15.8. The summed E-state index contributed by atoms with van der Waals surface area (Å²) in [6.07, 6.45) is 0.410. The second kappa shape index (κ2) is 10.5. The van der Waals surface area contributed by atoms with Gasteiger partial charge in [0.2, 0.25) is 0 Å². The minimum atomic E-state index is -0.587. The normalized spacial score (nSPS) is 22.0. The number of methoxy groups -OCH3 is 1. The maximum Gasteiger partial charge on any atom is 0.494 e. The summed E-state index contributed by atoms with van der Waals surface area (Å²) in [5, 5.41) is 2.10. The highest BCUT2D eigenvalue weighted by Gasteiger charge is 2.51. The Kier molecular flexibility index (Phi) is 7.00. The molecule has 0 aliphatic carbocycles. The molecule has 0 bridgehead atoms. The van der Waals surface area contributed by atoms with Crippen LogP contribution >= 0.6 is 0 Å². The standard InChI is InChI=1S/C35H42BN3O6/c1-33(2,3)43-32(40)39-17-20(18-41-8)13-28(39)31-37-27-12-9-21-15-26-24-11-10-23(36-44-34(4,5)35(6,7)45-36)14-22(24)19-42-29(26)16-25(21)30(27)38-31/h9-12,14-16,20,28H,13,17-19H2,1-8H3,(H,37,38)/t20?,28-/m0/s1. The van der Waals surface area contributed by atoms with Crippen molar-refractivity contribution >= 4 is 40.5 Å². The average Bonchev–Trinajstić information content (AvgIpc) is 3.64. The van der Waals surface area contributed by atoms with Crippen LogP contribution in [0, 0.1) is 5.92 Å². The van der Waals surface area contributed by atoms with E-state index >= 15 is 0 Å². The summed E-state index contributed by atoms with van der Waals surface area (Å²) in [6.45, 7) is 15.5. The van der Waals surface area contributed by atoms with Crippen molar-refractivity contribution in [2.75, 3.05) is 20.3 Å². The topological polar surface area (TPSA) is 95.1 Å². The molecule has 4 heterocycles. The number of hydrogen-bond donors (Lipinski definition) is 1. The number of carbonyl (C=O) groups excluding carboxylic acids is 1. The molecule has 7 rings (SSSR count). The fourth-order valence-corrected chi connectivity index (χ4v) is 6.68. The monoisotopic (exact) mass is 611 g/mol. The van der Waals surface area contributed by atoms with E-state index in [0.29, 0.717) is 19.8 Å². The highest BCUT2D eigenvalue weighted by atomic mass is 16.7. The van der Waals surface area contributed by atoms with Crippen molar-refractivity contribution in [1.29, 1.82) is 0 Å². The van der Waals surface area contributed by atoms with Gasteiger partial charge in [0.1, 0.15) is 23.8 Å². The Morgan fingerprint density at radius 3 is 2.53 bits per heavy atom. The molecule has 4 aromatic rings. The quantitative estimate of drug-likeness (QED) is 0.263. The number of carbonyl (C=O) groups is 1. The number of nitrogens with zero attached hydrogens (tertiary/aromatic N) is 2. The molecule has 1 aromatic heterocycles. The molecule has 3 aliphatic rings. The molecule has 1 unspecified atom stereocenters. The van der Waals surface area contributed by atoms with Gasteiger partial charge in [-0.25, -0.2) is 9.78 Å². The van der Waals surface area contributed by atoms with Crippen LogP contribution in [0.15, 0.2) is 42.5 Å². The van der Waals surface area contributed by atoms with Crippen LogP contribution in [0.2, 0.25) is 0 Å². The van der Waals surface area contributed by atoms with Gasteiger partial charge in [-0.15, -0.1) is 0 Å². The number of likely N-dealkylation sites (tertiary alicyclic amines) is 1. The Morgan fingerprint density at radius 1 is 1.07 bits per heavy atom. The number of nitrogens with one attached hydrogen (secondary N) is 1. The molecular formula is C35H42BN3O6. The van der Waals surface area contributed by atoms with Crippen molar-refractivity contribution in [3.63, 3.8) is 0 Å². The molecule has 3 aromatic carbocycles. The smallest absolute Gasteiger partial charge is 0.488 e. The number of benzene rings is 3. The van der Waals surface area contributed by atoms with Crippen LogP contribution in [0.5, 0.6) is 5.75 Å². The van der Waals surface area contributed by atoms with Gasteiger partial charge in [-0.1, -0.05) is 24.3 Å². The molecule has 2 atom stereocenters. The number of aromatic nitrogens is 2. The molecule has 1 amide bonds. The Bertz CT molecular complexity index is 1790. The molecule has 1 N–H and O–H groups in total. The average molecular weight is 612 g/mol. The van der Waals surface area contributed by atoms with E-state index < -0.39 is 23.9 Å². The molecule has 236 valence electrons. The van der Waals surface area contributed by atoms with Crippen LogP contribution in [0.4, 0.5) is 4.79 Å². The van der Waals surface area contributed by atoms with E-state index in [2.05, 4.69) is 69.1 Å². The lowest BCUT2D eigenvalue weighted by Crippen LogP contribution is -2.41. The van der Waals surface area contributed by atoms with Crippen molar-refractivity contribution < 1.29 is 28.3 Å². The third kappa shape index (κ3) is 5.26. The Labute approximate surface area is 264 Å². The van der Waals surface area contributed by atoms with Gasteiger partial charge in [0.15, 0.2) is 0 Å². The second-order valence-corrected chi connectivity index (χ2v) is 14.7. The predicted molar refractivity (Wildman–Crippen MR) is 175 cm³/mol. The van der Waals surface area contributed by atoms with Crippen LogP contribution in [0.25, 0.3) is 32.9 Å². The van der Waals surface area contributed by atoms with Crippen LogP contribution in [-0.4, -0.2) is 65.1 Å². The molecule has 10 heteroatoms. The molecule has 0 spiro atoms. The number of ether oxygens (including phenoxy) is 3.